The monoisotopic (exact) mass is 224 g/mol. The summed E-state index contributed by atoms with van der Waals surface area (Å²) >= 11 is 5.97. The maximum atomic E-state index is 5.97. The van der Waals surface area contributed by atoms with Gasteiger partial charge in [0.1, 0.15) is 0 Å². The zero-order valence-electron chi connectivity index (χ0n) is 9.03. The molecule has 0 spiro atoms. The minimum atomic E-state index is 0.507. The molecule has 0 aromatic carbocycles. The van der Waals surface area contributed by atoms with Crippen molar-refractivity contribution in [3.63, 3.8) is 0 Å². The Labute approximate surface area is 93.3 Å². The molecule has 80 valence electrons. The molecular weight excluding hydrogens is 212 g/mol. The molecule has 0 saturated carbocycles. The molecule has 0 N–H and O–H groups in total. The van der Waals surface area contributed by atoms with E-state index in [1.54, 1.807) is 4.52 Å². The molecule has 0 fully saturated rings. The molecule has 15 heavy (non-hydrogen) atoms. The molecule has 0 bridgehead atoms. The van der Waals surface area contributed by atoms with Crippen molar-refractivity contribution in [3.8, 4) is 0 Å². The molecule has 0 aliphatic heterocycles. The second kappa shape index (κ2) is 3.77. The molecule has 0 aliphatic rings. The van der Waals surface area contributed by atoms with Crippen LogP contribution in [0.25, 0.3) is 5.65 Å². The fourth-order valence-corrected chi connectivity index (χ4v) is 1.57. The number of hydrogen-bond donors (Lipinski definition) is 0. The Morgan fingerprint density at radius 3 is 2.80 bits per heavy atom. The molecule has 2 aromatic heterocycles. The van der Waals surface area contributed by atoms with Crippen molar-refractivity contribution in [2.75, 3.05) is 0 Å². The van der Waals surface area contributed by atoms with Crippen LogP contribution in [-0.2, 0) is 6.42 Å². The number of fused-ring (bicyclic) bond motifs is 1. The van der Waals surface area contributed by atoms with Crippen LogP contribution in [0.2, 0.25) is 5.15 Å². The fraction of sp³-hybridized carbons (Fsp3) is 0.500. The van der Waals surface area contributed by atoms with Crippen molar-refractivity contribution in [1.82, 2.24) is 19.8 Å². The highest BCUT2D eigenvalue weighted by Gasteiger charge is 2.10. The van der Waals surface area contributed by atoms with E-state index in [0.29, 0.717) is 11.1 Å². The first-order chi connectivity index (χ1) is 7.08. The van der Waals surface area contributed by atoms with Crippen molar-refractivity contribution in [1.29, 1.82) is 0 Å². The molecule has 2 aromatic rings. The van der Waals surface area contributed by atoms with Crippen LogP contribution in [0.1, 0.15) is 25.2 Å². The van der Waals surface area contributed by atoms with Crippen LogP contribution < -0.4 is 0 Å². The van der Waals surface area contributed by atoms with E-state index < -0.39 is 0 Å². The standard InChI is InChI=1S/C10H13ClN4/c1-6(2)4-8-12-13-9-5-7(3)10(11)14-15(8)9/h5-6H,4H2,1-3H3. The van der Waals surface area contributed by atoms with Crippen molar-refractivity contribution in [2.45, 2.75) is 27.2 Å². The van der Waals surface area contributed by atoms with E-state index in [4.69, 9.17) is 11.6 Å². The molecule has 4 nitrogen and oxygen atoms in total. The lowest BCUT2D eigenvalue weighted by atomic mass is 10.1. The van der Waals surface area contributed by atoms with Gasteiger partial charge in [-0.2, -0.15) is 9.61 Å². The molecule has 0 radical (unpaired) electrons. The summed E-state index contributed by atoms with van der Waals surface area (Å²) in [5.74, 6) is 1.39. The second-order valence-electron chi connectivity index (χ2n) is 4.10. The van der Waals surface area contributed by atoms with E-state index in [2.05, 4.69) is 29.1 Å². The average molecular weight is 225 g/mol. The first-order valence-electron chi connectivity index (χ1n) is 4.95. The van der Waals surface area contributed by atoms with Crippen LogP contribution in [0.15, 0.2) is 6.07 Å². The van der Waals surface area contributed by atoms with Gasteiger partial charge in [0.2, 0.25) is 0 Å². The fourth-order valence-electron chi connectivity index (χ4n) is 1.44. The van der Waals surface area contributed by atoms with Crippen LogP contribution in [0, 0.1) is 12.8 Å². The van der Waals surface area contributed by atoms with Gasteiger partial charge in [-0.15, -0.1) is 10.2 Å². The normalized spacial score (nSPS) is 11.5. The van der Waals surface area contributed by atoms with Gasteiger partial charge in [-0.3, -0.25) is 0 Å². The third-order valence-electron chi connectivity index (χ3n) is 2.18. The summed E-state index contributed by atoms with van der Waals surface area (Å²) in [5.41, 5.74) is 1.68. The molecule has 0 amide bonds. The zero-order chi connectivity index (χ0) is 11.0. The number of hydrogen-bond acceptors (Lipinski definition) is 3. The lowest BCUT2D eigenvalue weighted by Gasteiger charge is -2.03. The van der Waals surface area contributed by atoms with Gasteiger partial charge in [-0.1, -0.05) is 25.4 Å². The molecule has 0 saturated heterocycles. The molecule has 2 rings (SSSR count). The maximum absolute atomic E-state index is 5.97. The Balaban J connectivity index is 2.54. The summed E-state index contributed by atoms with van der Waals surface area (Å²) < 4.78 is 1.72. The molecule has 0 aliphatic carbocycles. The average Bonchev–Trinajstić information content (AvgIpc) is 2.49. The smallest absolute Gasteiger partial charge is 0.178 e. The highest BCUT2D eigenvalue weighted by atomic mass is 35.5. The maximum Gasteiger partial charge on any atom is 0.178 e. The summed E-state index contributed by atoms with van der Waals surface area (Å²) in [6.07, 6.45) is 0.855. The first kappa shape index (κ1) is 10.4. The number of aromatic nitrogens is 4. The summed E-state index contributed by atoms with van der Waals surface area (Å²) in [5, 5.41) is 12.9. The van der Waals surface area contributed by atoms with Crippen molar-refractivity contribution < 1.29 is 0 Å². The predicted octanol–water partition coefficient (Wildman–Crippen LogP) is 2.28. The number of rotatable bonds is 2. The Morgan fingerprint density at radius 1 is 1.40 bits per heavy atom. The van der Waals surface area contributed by atoms with E-state index in [-0.39, 0.29) is 0 Å². The number of nitrogens with zero attached hydrogens (tertiary/aromatic N) is 4. The minimum Gasteiger partial charge on any atom is -0.196 e. The van der Waals surface area contributed by atoms with E-state index in [1.165, 1.54) is 0 Å². The molecule has 0 atom stereocenters. The number of aryl methyl sites for hydroxylation is 1. The van der Waals surface area contributed by atoms with Gasteiger partial charge in [-0.25, -0.2) is 0 Å². The Morgan fingerprint density at radius 2 is 2.13 bits per heavy atom. The second-order valence-corrected chi connectivity index (χ2v) is 4.46. The minimum absolute atomic E-state index is 0.507. The Hall–Kier alpha value is -1.16. The van der Waals surface area contributed by atoms with Crippen LogP contribution in [0.3, 0.4) is 0 Å². The molecular formula is C10H13ClN4. The van der Waals surface area contributed by atoms with Gasteiger partial charge in [0.25, 0.3) is 0 Å². The highest BCUT2D eigenvalue weighted by molar-refractivity contribution is 6.30. The molecule has 0 unspecified atom stereocenters. The van der Waals surface area contributed by atoms with E-state index in [9.17, 15) is 0 Å². The molecule has 2 heterocycles. The number of halogens is 1. The molecule has 5 heteroatoms. The lowest BCUT2D eigenvalue weighted by Crippen LogP contribution is -2.03. The Kier molecular flexibility index (Phi) is 2.61. The largest absolute Gasteiger partial charge is 0.196 e. The third kappa shape index (κ3) is 1.95. The first-order valence-corrected chi connectivity index (χ1v) is 5.33. The van der Waals surface area contributed by atoms with E-state index in [0.717, 1.165) is 23.5 Å². The summed E-state index contributed by atoms with van der Waals surface area (Å²) in [7, 11) is 0. The van der Waals surface area contributed by atoms with Gasteiger partial charge in [0, 0.05) is 6.42 Å². The predicted molar refractivity (Wildman–Crippen MR) is 59.1 cm³/mol. The third-order valence-corrected chi connectivity index (χ3v) is 2.55. The SMILES string of the molecule is Cc1cc2nnc(CC(C)C)n2nc1Cl. The van der Waals surface area contributed by atoms with Crippen LogP contribution in [0.4, 0.5) is 0 Å². The van der Waals surface area contributed by atoms with Gasteiger partial charge in [-0.05, 0) is 24.5 Å². The van der Waals surface area contributed by atoms with Crippen molar-refractivity contribution >= 4 is 17.2 Å². The quantitative estimate of drug-likeness (QED) is 0.786. The van der Waals surface area contributed by atoms with E-state index >= 15 is 0 Å². The van der Waals surface area contributed by atoms with Crippen molar-refractivity contribution in [3.05, 3.63) is 22.6 Å². The van der Waals surface area contributed by atoms with Crippen molar-refractivity contribution in [2.24, 2.45) is 5.92 Å². The van der Waals surface area contributed by atoms with Gasteiger partial charge in [0.15, 0.2) is 16.6 Å². The van der Waals surface area contributed by atoms with Crippen LogP contribution in [-0.4, -0.2) is 19.8 Å². The van der Waals surface area contributed by atoms with Crippen LogP contribution in [0.5, 0.6) is 0 Å². The topological polar surface area (TPSA) is 43.1 Å². The van der Waals surface area contributed by atoms with Gasteiger partial charge < -0.3 is 0 Å². The summed E-state index contributed by atoms with van der Waals surface area (Å²) in [4.78, 5) is 0. The van der Waals surface area contributed by atoms with Gasteiger partial charge in [0.05, 0.1) is 0 Å². The lowest BCUT2D eigenvalue weighted by molar-refractivity contribution is 0.605. The Bertz CT molecular complexity index is 489. The summed E-state index contributed by atoms with van der Waals surface area (Å²) in [6, 6.07) is 1.90. The van der Waals surface area contributed by atoms with Crippen LogP contribution >= 0.6 is 11.6 Å². The van der Waals surface area contributed by atoms with Gasteiger partial charge >= 0.3 is 0 Å². The highest BCUT2D eigenvalue weighted by Crippen LogP contribution is 2.14. The zero-order valence-corrected chi connectivity index (χ0v) is 9.78. The summed E-state index contributed by atoms with van der Waals surface area (Å²) in [6.45, 7) is 6.18. The van der Waals surface area contributed by atoms with E-state index in [1.807, 2.05) is 13.0 Å².